The third-order valence-corrected chi connectivity index (χ3v) is 5.20. The summed E-state index contributed by atoms with van der Waals surface area (Å²) in [7, 11) is -3.98. The maximum absolute atomic E-state index is 12.4. The van der Waals surface area contributed by atoms with Gasteiger partial charge in [0.2, 0.25) is 9.84 Å². The lowest BCUT2D eigenvalue weighted by Crippen LogP contribution is -2.27. The lowest BCUT2D eigenvalue weighted by atomic mass is 10.2. The molecule has 0 bridgehead atoms. The standard InChI is InChI=1S/C17H18N2O6S2/c1-17(2,3)25-16(22)19-15-18-13(9-26-15)12(14(20)21)10-27(23,24)11-7-5-4-6-8-11/h4-10H,1-3H3,(H,20,21)(H,18,19,22)/b12-10-. The Kier molecular flexibility index (Phi) is 6.01. The van der Waals surface area contributed by atoms with Crippen molar-refractivity contribution in [1.29, 1.82) is 0 Å². The van der Waals surface area contributed by atoms with Gasteiger partial charge in [0, 0.05) is 5.38 Å². The number of rotatable bonds is 5. The molecule has 0 aliphatic carbocycles. The highest BCUT2D eigenvalue weighted by molar-refractivity contribution is 7.94. The monoisotopic (exact) mass is 410 g/mol. The third kappa shape index (κ3) is 5.90. The number of benzene rings is 1. The number of carboxylic acid groups (broad SMARTS) is 1. The molecule has 10 heteroatoms. The molecule has 0 spiro atoms. The van der Waals surface area contributed by atoms with Crippen LogP contribution in [-0.2, 0) is 19.4 Å². The first-order valence-corrected chi connectivity index (χ1v) is 10.1. The minimum atomic E-state index is -3.98. The van der Waals surface area contributed by atoms with Crippen LogP contribution in [0.25, 0.3) is 5.57 Å². The fourth-order valence-electron chi connectivity index (χ4n) is 1.90. The number of sulfone groups is 1. The Morgan fingerprint density at radius 1 is 1.22 bits per heavy atom. The lowest BCUT2D eigenvalue weighted by molar-refractivity contribution is -0.130. The van der Waals surface area contributed by atoms with Crippen LogP contribution in [0.2, 0.25) is 0 Å². The Morgan fingerprint density at radius 3 is 2.41 bits per heavy atom. The summed E-state index contributed by atoms with van der Waals surface area (Å²) < 4.78 is 29.9. The van der Waals surface area contributed by atoms with Gasteiger partial charge in [0.25, 0.3) is 0 Å². The summed E-state index contributed by atoms with van der Waals surface area (Å²) in [5, 5.41) is 13.9. The highest BCUT2D eigenvalue weighted by atomic mass is 32.2. The number of carbonyl (C=O) groups is 2. The second kappa shape index (κ2) is 7.89. The zero-order valence-corrected chi connectivity index (χ0v) is 16.4. The molecular formula is C17H18N2O6S2. The van der Waals surface area contributed by atoms with Gasteiger partial charge >= 0.3 is 12.1 Å². The molecular weight excluding hydrogens is 392 g/mol. The predicted octanol–water partition coefficient (Wildman–Crippen LogP) is 3.39. The Morgan fingerprint density at radius 2 is 1.85 bits per heavy atom. The molecule has 0 fully saturated rings. The minimum absolute atomic E-state index is 0.0360. The molecule has 0 atom stereocenters. The summed E-state index contributed by atoms with van der Waals surface area (Å²) in [5.41, 5.74) is -1.30. The number of aromatic nitrogens is 1. The number of anilines is 1. The molecule has 0 radical (unpaired) electrons. The minimum Gasteiger partial charge on any atom is -0.478 e. The molecule has 0 saturated heterocycles. The summed E-state index contributed by atoms with van der Waals surface area (Å²) in [6.45, 7) is 5.08. The van der Waals surface area contributed by atoms with Gasteiger partial charge in [-0.2, -0.15) is 0 Å². The van der Waals surface area contributed by atoms with E-state index in [2.05, 4.69) is 10.3 Å². The van der Waals surface area contributed by atoms with E-state index in [1.165, 1.54) is 29.6 Å². The fraction of sp³-hybridized carbons (Fsp3) is 0.235. The van der Waals surface area contributed by atoms with Gasteiger partial charge in [-0.25, -0.2) is 23.0 Å². The zero-order valence-electron chi connectivity index (χ0n) is 14.8. The van der Waals surface area contributed by atoms with Gasteiger partial charge in [-0.15, -0.1) is 11.3 Å². The van der Waals surface area contributed by atoms with E-state index in [-0.39, 0.29) is 15.7 Å². The number of nitrogens with one attached hydrogen (secondary N) is 1. The first kappa shape index (κ1) is 20.6. The van der Waals surface area contributed by atoms with Crippen molar-refractivity contribution in [3.63, 3.8) is 0 Å². The Labute approximate surface area is 160 Å². The van der Waals surface area contributed by atoms with Gasteiger partial charge in [-0.3, -0.25) is 5.32 Å². The van der Waals surface area contributed by atoms with E-state index >= 15 is 0 Å². The van der Waals surface area contributed by atoms with Crippen LogP contribution in [0.15, 0.2) is 46.0 Å². The second-order valence-corrected chi connectivity index (χ2v) is 9.01. The predicted molar refractivity (Wildman–Crippen MR) is 101 cm³/mol. The van der Waals surface area contributed by atoms with E-state index in [1.807, 2.05) is 0 Å². The number of aliphatic carboxylic acids is 1. The summed E-state index contributed by atoms with van der Waals surface area (Å²) in [6.07, 6.45) is -0.749. The van der Waals surface area contributed by atoms with Gasteiger partial charge in [0.1, 0.15) is 5.60 Å². The Hall–Kier alpha value is -2.72. The van der Waals surface area contributed by atoms with E-state index in [4.69, 9.17) is 4.74 Å². The summed E-state index contributed by atoms with van der Waals surface area (Å²) in [4.78, 5) is 27.2. The van der Waals surface area contributed by atoms with Crippen molar-refractivity contribution >= 4 is 43.9 Å². The fourth-order valence-corrected chi connectivity index (χ4v) is 3.80. The molecule has 0 saturated carbocycles. The molecule has 27 heavy (non-hydrogen) atoms. The van der Waals surface area contributed by atoms with Crippen LogP contribution in [0.5, 0.6) is 0 Å². The summed E-state index contributed by atoms with van der Waals surface area (Å²) in [6, 6.07) is 7.44. The number of thiazole rings is 1. The number of amides is 1. The largest absolute Gasteiger partial charge is 0.478 e. The molecule has 1 amide bonds. The first-order chi connectivity index (χ1) is 12.5. The van der Waals surface area contributed by atoms with Crippen LogP contribution in [0, 0.1) is 0 Å². The molecule has 144 valence electrons. The van der Waals surface area contributed by atoms with Gasteiger partial charge in [0.15, 0.2) is 5.13 Å². The molecule has 2 N–H and O–H groups in total. The van der Waals surface area contributed by atoms with Crippen molar-refractivity contribution in [3.8, 4) is 0 Å². The molecule has 1 aromatic heterocycles. The van der Waals surface area contributed by atoms with Crippen molar-refractivity contribution in [2.24, 2.45) is 0 Å². The van der Waals surface area contributed by atoms with Crippen LogP contribution in [-0.4, -0.2) is 36.2 Å². The van der Waals surface area contributed by atoms with Crippen LogP contribution in [0.1, 0.15) is 26.5 Å². The average Bonchev–Trinajstić information content (AvgIpc) is 2.99. The van der Waals surface area contributed by atoms with Crippen LogP contribution < -0.4 is 5.32 Å². The maximum Gasteiger partial charge on any atom is 0.413 e. The van der Waals surface area contributed by atoms with E-state index in [0.29, 0.717) is 5.41 Å². The molecule has 2 rings (SSSR count). The van der Waals surface area contributed by atoms with Gasteiger partial charge in [0.05, 0.1) is 21.6 Å². The third-order valence-electron chi connectivity index (χ3n) is 2.96. The van der Waals surface area contributed by atoms with Crippen molar-refractivity contribution in [2.45, 2.75) is 31.3 Å². The highest BCUT2D eigenvalue weighted by Crippen LogP contribution is 2.25. The van der Waals surface area contributed by atoms with Gasteiger partial charge in [-0.1, -0.05) is 18.2 Å². The molecule has 0 unspecified atom stereocenters. The summed E-state index contributed by atoms with van der Waals surface area (Å²) >= 11 is 0.949. The summed E-state index contributed by atoms with van der Waals surface area (Å²) in [5.74, 6) is -1.45. The molecule has 0 aliphatic rings. The number of ether oxygens (including phenoxy) is 1. The van der Waals surface area contributed by atoms with Crippen molar-refractivity contribution in [3.05, 3.63) is 46.8 Å². The highest BCUT2D eigenvalue weighted by Gasteiger charge is 2.22. The van der Waals surface area contributed by atoms with Crippen molar-refractivity contribution < 1.29 is 27.9 Å². The first-order valence-electron chi connectivity index (χ1n) is 7.69. The zero-order chi connectivity index (χ0) is 20.2. The number of nitrogens with zero attached hydrogens (tertiary/aromatic N) is 1. The normalized spacial score (nSPS) is 12.5. The average molecular weight is 410 g/mol. The topological polar surface area (TPSA) is 123 Å². The number of carboxylic acids is 1. The molecule has 1 heterocycles. The molecule has 1 aromatic carbocycles. The van der Waals surface area contributed by atoms with E-state index in [1.54, 1.807) is 26.8 Å². The Balaban J connectivity index is 2.30. The van der Waals surface area contributed by atoms with Gasteiger partial charge in [-0.05, 0) is 32.9 Å². The number of hydrogen-bond donors (Lipinski definition) is 2. The van der Waals surface area contributed by atoms with Crippen molar-refractivity contribution in [2.75, 3.05) is 5.32 Å². The van der Waals surface area contributed by atoms with E-state index < -0.39 is 33.1 Å². The van der Waals surface area contributed by atoms with E-state index in [9.17, 15) is 23.1 Å². The number of hydrogen-bond acceptors (Lipinski definition) is 7. The van der Waals surface area contributed by atoms with Crippen LogP contribution in [0.3, 0.4) is 0 Å². The molecule has 2 aromatic rings. The van der Waals surface area contributed by atoms with Crippen LogP contribution in [0.4, 0.5) is 9.93 Å². The van der Waals surface area contributed by atoms with E-state index in [0.717, 1.165) is 11.3 Å². The lowest BCUT2D eigenvalue weighted by Gasteiger charge is -2.18. The Bertz CT molecular complexity index is 972. The molecule has 8 nitrogen and oxygen atoms in total. The van der Waals surface area contributed by atoms with Gasteiger partial charge < -0.3 is 9.84 Å². The smallest absolute Gasteiger partial charge is 0.413 e. The van der Waals surface area contributed by atoms with Crippen molar-refractivity contribution in [1.82, 2.24) is 4.98 Å². The molecule has 0 aliphatic heterocycles. The second-order valence-electron chi connectivity index (χ2n) is 6.36. The quantitative estimate of drug-likeness (QED) is 0.724. The van der Waals surface area contributed by atoms with Crippen LogP contribution >= 0.6 is 11.3 Å². The maximum atomic E-state index is 12.4. The number of carbonyl (C=O) groups excluding carboxylic acids is 1. The SMILES string of the molecule is CC(C)(C)OC(=O)Nc1nc(/C(=C/S(=O)(=O)c2ccccc2)C(=O)O)cs1.